The summed E-state index contributed by atoms with van der Waals surface area (Å²) < 4.78 is 7.71. The second-order valence-corrected chi connectivity index (χ2v) is 8.62. The molecular formula is C24H34N4O2. The van der Waals surface area contributed by atoms with Crippen molar-refractivity contribution in [3.63, 3.8) is 0 Å². The molecule has 2 aliphatic heterocycles. The van der Waals surface area contributed by atoms with Crippen LogP contribution in [0.1, 0.15) is 54.4 Å². The van der Waals surface area contributed by atoms with Crippen LogP contribution in [0.2, 0.25) is 0 Å². The molecule has 1 saturated heterocycles. The topological polar surface area (TPSA) is 50.6 Å². The first-order valence-corrected chi connectivity index (χ1v) is 11.4. The summed E-state index contributed by atoms with van der Waals surface area (Å²) in [5, 5.41) is 4.16. The smallest absolute Gasteiger partial charge is 0.257 e. The molecule has 6 nitrogen and oxygen atoms in total. The number of fused-ring (bicyclic) bond motifs is 3. The summed E-state index contributed by atoms with van der Waals surface area (Å²) in [5.74, 6) is 0.942. The van der Waals surface area contributed by atoms with Gasteiger partial charge in [-0.25, -0.2) is 0 Å². The standard InChI is InChI=1S/C24H34N4O2/c1-26-19-21(18-25-26)24(29)28-14-5-4-13-27-12-3-2-8-22(27)11-10-20-7-6-9-23(17-20)30-16-15-28/h6-7,9,17-19,22H,2-5,8,10-16H2,1H3. The summed E-state index contributed by atoms with van der Waals surface area (Å²) in [6.07, 6.45) is 11.9. The van der Waals surface area contributed by atoms with Crippen LogP contribution in [0.3, 0.4) is 0 Å². The monoisotopic (exact) mass is 410 g/mol. The minimum atomic E-state index is 0.0422. The highest BCUT2D eigenvalue weighted by Crippen LogP contribution is 2.23. The maximum absolute atomic E-state index is 13.0. The van der Waals surface area contributed by atoms with Crippen molar-refractivity contribution in [1.29, 1.82) is 0 Å². The average Bonchev–Trinajstić information content (AvgIpc) is 3.20. The maximum atomic E-state index is 13.0. The van der Waals surface area contributed by atoms with Crippen LogP contribution in [0.25, 0.3) is 0 Å². The van der Waals surface area contributed by atoms with Gasteiger partial charge in [0.25, 0.3) is 5.91 Å². The third kappa shape index (κ3) is 5.42. The van der Waals surface area contributed by atoms with E-state index in [2.05, 4.69) is 28.2 Å². The molecule has 2 aromatic rings. The van der Waals surface area contributed by atoms with E-state index >= 15 is 0 Å². The molecule has 0 saturated carbocycles. The van der Waals surface area contributed by atoms with Crippen LogP contribution in [0.5, 0.6) is 5.75 Å². The summed E-state index contributed by atoms with van der Waals surface area (Å²) in [4.78, 5) is 17.6. The Labute approximate surface area is 179 Å². The van der Waals surface area contributed by atoms with Gasteiger partial charge in [-0.3, -0.25) is 9.48 Å². The second-order valence-electron chi connectivity index (χ2n) is 8.62. The van der Waals surface area contributed by atoms with E-state index in [9.17, 15) is 4.79 Å². The maximum Gasteiger partial charge on any atom is 0.257 e. The van der Waals surface area contributed by atoms with Crippen molar-refractivity contribution >= 4 is 5.91 Å². The van der Waals surface area contributed by atoms with E-state index in [1.54, 1.807) is 17.1 Å². The van der Waals surface area contributed by atoms with Crippen molar-refractivity contribution in [3.05, 3.63) is 47.8 Å². The fraction of sp³-hybridized carbons (Fsp3) is 0.583. The summed E-state index contributed by atoms with van der Waals surface area (Å²) in [7, 11) is 1.84. The summed E-state index contributed by atoms with van der Waals surface area (Å²) >= 11 is 0. The lowest BCUT2D eigenvalue weighted by Gasteiger charge is -2.36. The number of hydrogen-bond acceptors (Lipinski definition) is 4. The van der Waals surface area contributed by atoms with Gasteiger partial charge < -0.3 is 14.5 Å². The van der Waals surface area contributed by atoms with Gasteiger partial charge >= 0.3 is 0 Å². The third-order valence-electron chi connectivity index (χ3n) is 6.41. The van der Waals surface area contributed by atoms with E-state index in [0.29, 0.717) is 24.8 Å². The zero-order valence-electron chi connectivity index (χ0n) is 18.1. The molecular weight excluding hydrogens is 376 g/mol. The van der Waals surface area contributed by atoms with Gasteiger partial charge in [0, 0.05) is 25.8 Å². The van der Waals surface area contributed by atoms with Gasteiger partial charge in [-0.1, -0.05) is 18.6 Å². The number of piperidine rings is 1. The van der Waals surface area contributed by atoms with Crippen LogP contribution in [-0.4, -0.2) is 64.3 Å². The lowest BCUT2D eigenvalue weighted by molar-refractivity contribution is 0.0721. The number of nitrogens with zero attached hydrogens (tertiary/aromatic N) is 4. The van der Waals surface area contributed by atoms with Crippen LogP contribution < -0.4 is 4.74 Å². The highest BCUT2D eigenvalue weighted by molar-refractivity contribution is 5.93. The average molecular weight is 411 g/mol. The fourth-order valence-electron chi connectivity index (χ4n) is 4.73. The molecule has 1 unspecified atom stereocenters. The predicted molar refractivity (Wildman–Crippen MR) is 118 cm³/mol. The molecule has 0 N–H and O–H groups in total. The molecule has 1 aromatic heterocycles. The molecule has 1 aromatic carbocycles. The van der Waals surface area contributed by atoms with Gasteiger partial charge in [0.1, 0.15) is 12.4 Å². The Balaban J connectivity index is 1.48. The first-order valence-electron chi connectivity index (χ1n) is 11.4. The van der Waals surface area contributed by atoms with Crippen LogP contribution >= 0.6 is 0 Å². The van der Waals surface area contributed by atoms with Gasteiger partial charge in [0.2, 0.25) is 0 Å². The Bertz CT molecular complexity index is 834. The van der Waals surface area contributed by atoms with Crippen molar-refractivity contribution in [3.8, 4) is 5.75 Å². The van der Waals surface area contributed by atoms with Crippen LogP contribution in [0.4, 0.5) is 0 Å². The molecule has 0 spiro atoms. The quantitative estimate of drug-likeness (QED) is 0.722. The summed E-state index contributed by atoms with van der Waals surface area (Å²) in [6.45, 7) is 4.20. The molecule has 4 rings (SSSR count). The van der Waals surface area contributed by atoms with E-state index in [1.807, 2.05) is 18.0 Å². The van der Waals surface area contributed by atoms with Gasteiger partial charge in [-0.2, -0.15) is 5.10 Å². The minimum absolute atomic E-state index is 0.0422. The van der Waals surface area contributed by atoms with Crippen molar-refractivity contribution in [2.24, 2.45) is 7.05 Å². The zero-order chi connectivity index (χ0) is 20.8. The number of aromatic nitrogens is 2. The Kier molecular flexibility index (Phi) is 7.05. The molecule has 0 radical (unpaired) electrons. The predicted octanol–water partition coefficient (Wildman–Crippen LogP) is 3.52. The lowest BCUT2D eigenvalue weighted by Crippen LogP contribution is -2.40. The van der Waals surface area contributed by atoms with Gasteiger partial charge in [-0.15, -0.1) is 0 Å². The van der Waals surface area contributed by atoms with Crippen molar-refractivity contribution in [1.82, 2.24) is 19.6 Å². The van der Waals surface area contributed by atoms with E-state index in [1.165, 1.54) is 37.8 Å². The molecule has 162 valence electrons. The number of benzene rings is 1. The fourth-order valence-corrected chi connectivity index (χ4v) is 4.73. The first-order chi connectivity index (χ1) is 14.7. The van der Waals surface area contributed by atoms with Crippen molar-refractivity contribution in [2.75, 3.05) is 32.8 Å². The van der Waals surface area contributed by atoms with E-state index < -0.39 is 0 Å². The highest BCUT2D eigenvalue weighted by Gasteiger charge is 2.22. The number of rotatable bonds is 1. The highest BCUT2D eigenvalue weighted by atomic mass is 16.5. The molecule has 2 bridgehead atoms. The van der Waals surface area contributed by atoms with E-state index in [0.717, 1.165) is 38.1 Å². The Morgan fingerprint density at radius 3 is 2.73 bits per heavy atom. The molecule has 1 atom stereocenters. The van der Waals surface area contributed by atoms with Gasteiger partial charge in [-0.05, 0) is 69.3 Å². The molecule has 3 heterocycles. The van der Waals surface area contributed by atoms with Crippen LogP contribution in [0, 0.1) is 0 Å². The molecule has 2 aliphatic rings. The second kappa shape index (κ2) is 10.1. The molecule has 1 amide bonds. The van der Waals surface area contributed by atoms with Crippen molar-refractivity contribution in [2.45, 2.75) is 51.0 Å². The summed E-state index contributed by atoms with van der Waals surface area (Å²) in [6, 6.07) is 9.15. The number of amides is 1. The third-order valence-corrected chi connectivity index (χ3v) is 6.41. The Hall–Kier alpha value is -2.34. The Morgan fingerprint density at radius 1 is 1.07 bits per heavy atom. The number of carbonyl (C=O) groups is 1. The normalized spacial score (nSPS) is 21.8. The number of hydrogen-bond donors (Lipinski definition) is 0. The Morgan fingerprint density at radius 2 is 1.90 bits per heavy atom. The molecule has 0 aliphatic carbocycles. The van der Waals surface area contributed by atoms with Crippen molar-refractivity contribution < 1.29 is 9.53 Å². The molecule has 1 fully saturated rings. The minimum Gasteiger partial charge on any atom is -0.492 e. The lowest BCUT2D eigenvalue weighted by atomic mass is 9.95. The van der Waals surface area contributed by atoms with Crippen LogP contribution in [0.15, 0.2) is 36.7 Å². The van der Waals surface area contributed by atoms with Gasteiger partial charge in [0.15, 0.2) is 0 Å². The van der Waals surface area contributed by atoms with Crippen LogP contribution in [-0.2, 0) is 13.5 Å². The number of carbonyl (C=O) groups excluding carboxylic acids is 1. The van der Waals surface area contributed by atoms with E-state index in [4.69, 9.17) is 4.74 Å². The van der Waals surface area contributed by atoms with Gasteiger partial charge in [0.05, 0.1) is 18.3 Å². The molecule has 6 heteroatoms. The number of aryl methyl sites for hydroxylation is 2. The SMILES string of the molecule is Cn1cc(C(=O)N2CCCCN3CCCCC3CCc3cccc(c3)OCC2)cn1. The zero-order valence-corrected chi connectivity index (χ0v) is 18.1. The first kappa shape index (κ1) is 20.9. The number of ether oxygens (including phenoxy) is 1. The largest absolute Gasteiger partial charge is 0.492 e. The summed E-state index contributed by atoms with van der Waals surface area (Å²) in [5.41, 5.74) is 1.99. The molecule has 30 heavy (non-hydrogen) atoms. The van der Waals surface area contributed by atoms with E-state index in [-0.39, 0.29) is 5.91 Å².